The van der Waals surface area contributed by atoms with Crippen molar-refractivity contribution in [1.29, 1.82) is 0 Å². The number of hydrazine groups is 1. The number of morpholine rings is 2. The van der Waals surface area contributed by atoms with Crippen molar-refractivity contribution in [2.45, 2.75) is 19.9 Å². The van der Waals surface area contributed by atoms with Crippen LogP contribution in [-0.4, -0.2) is 74.8 Å². The molecule has 4 rings (SSSR count). The third kappa shape index (κ3) is 6.49. The van der Waals surface area contributed by atoms with Gasteiger partial charge >= 0.3 is 0 Å². The Hall–Kier alpha value is -2.52. The molecule has 2 saturated heterocycles. The number of carbonyl (C=O) groups is 1. The van der Waals surface area contributed by atoms with E-state index in [-0.39, 0.29) is 5.78 Å². The number of ketones is 1. The summed E-state index contributed by atoms with van der Waals surface area (Å²) >= 11 is 0. The minimum Gasteiger partial charge on any atom is -0.379 e. The lowest BCUT2D eigenvalue weighted by atomic mass is 10.1. The Kier molecular flexibility index (Phi) is 8.06. The number of aryl methyl sites for hydroxylation is 1. The molecule has 0 spiro atoms. The number of ether oxygens (including phenoxy) is 2. The van der Waals surface area contributed by atoms with E-state index in [1.165, 1.54) is 11.1 Å². The van der Waals surface area contributed by atoms with E-state index < -0.39 is 0 Å². The zero-order chi connectivity index (χ0) is 22.2. The Bertz CT molecular complexity index is 895. The van der Waals surface area contributed by atoms with Gasteiger partial charge in [0, 0.05) is 57.4 Å². The van der Waals surface area contributed by atoms with Gasteiger partial charge in [-0.25, -0.2) is 10.4 Å². The maximum Gasteiger partial charge on any atom is 0.182 e. The highest BCUT2D eigenvalue weighted by molar-refractivity contribution is 5.95. The highest BCUT2D eigenvalue weighted by Crippen LogP contribution is 2.22. The smallest absolute Gasteiger partial charge is 0.182 e. The minimum absolute atomic E-state index is 0.0633. The van der Waals surface area contributed by atoms with Gasteiger partial charge in [-0.05, 0) is 18.6 Å². The Morgan fingerprint density at radius 1 is 1.03 bits per heavy atom. The van der Waals surface area contributed by atoms with E-state index in [9.17, 15) is 4.79 Å². The lowest BCUT2D eigenvalue weighted by molar-refractivity contribution is 0.0369. The molecule has 0 radical (unpaired) electrons. The summed E-state index contributed by atoms with van der Waals surface area (Å²) in [4.78, 5) is 22.1. The van der Waals surface area contributed by atoms with Gasteiger partial charge in [0.25, 0.3) is 0 Å². The third-order valence-electron chi connectivity index (χ3n) is 5.82. The number of rotatable bonds is 9. The van der Waals surface area contributed by atoms with Crippen molar-refractivity contribution in [3.05, 3.63) is 53.2 Å². The Morgan fingerprint density at radius 2 is 1.78 bits per heavy atom. The molecule has 2 aliphatic heterocycles. The largest absolute Gasteiger partial charge is 0.379 e. The highest BCUT2D eigenvalue weighted by atomic mass is 16.5. The van der Waals surface area contributed by atoms with Crippen molar-refractivity contribution in [3.8, 4) is 0 Å². The summed E-state index contributed by atoms with van der Waals surface area (Å²) < 4.78 is 10.9. The second kappa shape index (κ2) is 11.4. The van der Waals surface area contributed by atoms with Crippen LogP contribution in [0.2, 0.25) is 0 Å². The van der Waals surface area contributed by atoms with Crippen LogP contribution in [0.15, 0.2) is 36.4 Å². The summed E-state index contributed by atoms with van der Waals surface area (Å²) in [7, 11) is 0. The predicted octanol–water partition coefficient (Wildman–Crippen LogP) is 2.25. The topological polar surface area (TPSA) is 79.0 Å². The molecule has 0 aliphatic carbocycles. The normalized spacial score (nSPS) is 17.3. The number of carbonyl (C=O) groups excluding carboxylic acids is 1. The summed E-state index contributed by atoms with van der Waals surface area (Å²) in [5.74, 6) is 0.713. The molecule has 3 heterocycles. The molecule has 172 valence electrons. The molecule has 0 atom stereocenters. The molecule has 2 fully saturated rings. The van der Waals surface area contributed by atoms with Crippen molar-refractivity contribution in [1.82, 2.24) is 15.3 Å². The van der Waals surface area contributed by atoms with Crippen LogP contribution in [-0.2, 0) is 16.0 Å². The number of aromatic nitrogens is 1. The summed E-state index contributed by atoms with van der Waals surface area (Å²) in [6, 6.07) is 12.3. The fraction of sp³-hybridized carbons (Fsp3) is 0.500. The van der Waals surface area contributed by atoms with E-state index >= 15 is 0 Å². The molecular weight excluding hydrogens is 406 g/mol. The van der Waals surface area contributed by atoms with Gasteiger partial charge < -0.3 is 19.8 Å². The van der Waals surface area contributed by atoms with Crippen LogP contribution in [0.1, 0.15) is 28.0 Å². The maximum absolute atomic E-state index is 13.0. The molecule has 0 unspecified atom stereocenters. The number of nitrogens with zero attached hydrogens (tertiary/aromatic N) is 3. The molecule has 2 N–H and O–H groups in total. The van der Waals surface area contributed by atoms with Crippen molar-refractivity contribution in [2.24, 2.45) is 0 Å². The number of hydrogen-bond donors (Lipinski definition) is 2. The van der Waals surface area contributed by atoms with Gasteiger partial charge in [0.05, 0.1) is 26.4 Å². The molecule has 0 bridgehead atoms. The molecule has 2 aromatic rings. The summed E-state index contributed by atoms with van der Waals surface area (Å²) in [6.07, 6.45) is 0.454. The SMILES string of the molecule is Cc1cccc(CNNc2cc(N3CCOCC3)cc(C(=O)CCN3CCOCC3)n2)c1. The zero-order valence-corrected chi connectivity index (χ0v) is 18.8. The van der Waals surface area contributed by atoms with Crippen molar-refractivity contribution >= 4 is 17.3 Å². The van der Waals surface area contributed by atoms with Crippen LogP contribution >= 0.6 is 0 Å². The first-order chi connectivity index (χ1) is 15.7. The Balaban J connectivity index is 1.43. The quantitative estimate of drug-likeness (QED) is 0.455. The van der Waals surface area contributed by atoms with E-state index in [1.807, 2.05) is 12.1 Å². The van der Waals surface area contributed by atoms with E-state index in [4.69, 9.17) is 9.47 Å². The van der Waals surface area contributed by atoms with Gasteiger partial charge in [-0.3, -0.25) is 9.69 Å². The molecule has 8 nitrogen and oxygen atoms in total. The summed E-state index contributed by atoms with van der Waals surface area (Å²) in [6.45, 7) is 9.70. The monoisotopic (exact) mass is 439 g/mol. The zero-order valence-electron chi connectivity index (χ0n) is 18.8. The summed E-state index contributed by atoms with van der Waals surface area (Å²) in [5.41, 5.74) is 10.3. The van der Waals surface area contributed by atoms with Gasteiger partial charge in [0.15, 0.2) is 5.78 Å². The Labute approximate surface area is 189 Å². The molecular formula is C24H33N5O3. The van der Waals surface area contributed by atoms with Gasteiger partial charge in [-0.1, -0.05) is 29.8 Å². The van der Waals surface area contributed by atoms with E-state index in [0.29, 0.717) is 37.7 Å². The lowest BCUT2D eigenvalue weighted by Crippen LogP contribution is -2.37. The standard InChI is InChI=1S/C24H33N5O3/c1-19-3-2-4-20(15-19)18-25-27-24-17-21(29-9-13-32-14-10-29)16-22(26-24)23(30)5-6-28-7-11-31-12-8-28/h2-4,15-17,25H,5-14,18H2,1H3,(H,26,27). The number of benzene rings is 1. The molecule has 0 amide bonds. The van der Waals surface area contributed by atoms with Crippen molar-refractivity contribution in [2.75, 3.05) is 69.5 Å². The fourth-order valence-corrected chi connectivity index (χ4v) is 4.00. The van der Waals surface area contributed by atoms with Crippen LogP contribution in [0.5, 0.6) is 0 Å². The van der Waals surface area contributed by atoms with Crippen LogP contribution in [0, 0.1) is 6.92 Å². The number of nitrogens with one attached hydrogen (secondary N) is 2. The average molecular weight is 440 g/mol. The Morgan fingerprint density at radius 3 is 2.53 bits per heavy atom. The van der Waals surface area contributed by atoms with Crippen LogP contribution in [0.25, 0.3) is 0 Å². The van der Waals surface area contributed by atoms with Crippen LogP contribution < -0.4 is 15.8 Å². The fourth-order valence-electron chi connectivity index (χ4n) is 4.00. The molecule has 8 heteroatoms. The van der Waals surface area contributed by atoms with Gasteiger partial charge in [-0.2, -0.15) is 0 Å². The van der Waals surface area contributed by atoms with Gasteiger partial charge in [-0.15, -0.1) is 0 Å². The molecule has 32 heavy (non-hydrogen) atoms. The van der Waals surface area contributed by atoms with Crippen LogP contribution in [0.3, 0.4) is 0 Å². The van der Waals surface area contributed by atoms with Gasteiger partial charge in [0.2, 0.25) is 0 Å². The average Bonchev–Trinajstić information content (AvgIpc) is 2.83. The maximum atomic E-state index is 13.0. The van der Waals surface area contributed by atoms with E-state index in [2.05, 4.69) is 56.8 Å². The number of anilines is 2. The lowest BCUT2D eigenvalue weighted by Gasteiger charge is -2.29. The van der Waals surface area contributed by atoms with E-state index in [0.717, 1.165) is 51.6 Å². The predicted molar refractivity (Wildman–Crippen MR) is 125 cm³/mol. The highest BCUT2D eigenvalue weighted by Gasteiger charge is 2.18. The third-order valence-corrected chi connectivity index (χ3v) is 5.82. The van der Waals surface area contributed by atoms with Crippen LogP contribution in [0.4, 0.5) is 11.5 Å². The minimum atomic E-state index is 0.0633. The number of hydrogen-bond acceptors (Lipinski definition) is 8. The van der Waals surface area contributed by atoms with Crippen molar-refractivity contribution in [3.63, 3.8) is 0 Å². The second-order valence-corrected chi connectivity index (χ2v) is 8.29. The molecule has 2 aliphatic rings. The first-order valence-electron chi connectivity index (χ1n) is 11.4. The number of pyridine rings is 1. The molecule has 0 saturated carbocycles. The second-order valence-electron chi connectivity index (χ2n) is 8.29. The molecule has 1 aromatic heterocycles. The van der Waals surface area contributed by atoms with Crippen molar-refractivity contribution < 1.29 is 14.3 Å². The first-order valence-corrected chi connectivity index (χ1v) is 11.4. The van der Waals surface area contributed by atoms with Gasteiger partial charge in [0.1, 0.15) is 11.5 Å². The summed E-state index contributed by atoms with van der Waals surface area (Å²) in [5, 5.41) is 0. The number of Topliss-reactive ketones (excluding diaryl/α,β-unsaturated/α-hetero) is 1. The first kappa shape index (κ1) is 22.7. The molecule has 1 aromatic carbocycles. The van der Waals surface area contributed by atoms with E-state index in [1.54, 1.807) is 0 Å².